The molecule has 1 aliphatic rings. The minimum atomic E-state index is -0.777. The van der Waals surface area contributed by atoms with E-state index in [4.69, 9.17) is 9.47 Å². The van der Waals surface area contributed by atoms with Crippen LogP contribution in [0.2, 0.25) is 0 Å². The van der Waals surface area contributed by atoms with Crippen LogP contribution >= 0.6 is 12.4 Å². The smallest absolute Gasteiger partial charge is 0.254 e. The minimum Gasteiger partial charge on any atom is -0.481 e. The van der Waals surface area contributed by atoms with Crippen molar-refractivity contribution in [2.24, 2.45) is 0 Å². The van der Waals surface area contributed by atoms with E-state index in [1.807, 2.05) is 0 Å². The quantitative estimate of drug-likeness (QED) is 0.705. The molecule has 29 heavy (non-hydrogen) atoms. The molecule has 0 saturated carbocycles. The van der Waals surface area contributed by atoms with Crippen molar-refractivity contribution < 1.29 is 27.4 Å². The number of ether oxygens (including phenoxy) is 2. The van der Waals surface area contributed by atoms with Gasteiger partial charge in [-0.2, -0.15) is 4.98 Å². The predicted molar refractivity (Wildman–Crippen MR) is 102 cm³/mol. The molecular formula is C19H21ClF3N3O3. The molecule has 0 bridgehead atoms. The first-order valence-corrected chi connectivity index (χ1v) is 8.78. The summed E-state index contributed by atoms with van der Waals surface area (Å²) in [6, 6.07) is 3.79. The van der Waals surface area contributed by atoms with Crippen LogP contribution in [-0.4, -0.2) is 30.6 Å². The van der Waals surface area contributed by atoms with E-state index in [1.54, 1.807) is 0 Å². The molecule has 10 heteroatoms. The highest BCUT2D eigenvalue weighted by molar-refractivity contribution is 5.85. The van der Waals surface area contributed by atoms with Gasteiger partial charge in [-0.15, -0.1) is 12.4 Å². The summed E-state index contributed by atoms with van der Waals surface area (Å²) in [6.45, 7) is 0.559. The van der Waals surface area contributed by atoms with Gasteiger partial charge in [0.25, 0.3) is 5.88 Å². The summed E-state index contributed by atoms with van der Waals surface area (Å²) in [5, 5.41) is 5.80. The molecule has 3 rings (SSSR count). The molecule has 2 N–H and O–H groups in total. The number of benzene rings is 1. The predicted octanol–water partition coefficient (Wildman–Crippen LogP) is 2.88. The van der Waals surface area contributed by atoms with E-state index < -0.39 is 17.5 Å². The van der Waals surface area contributed by atoms with Crippen LogP contribution in [-0.2, 0) is 17.9 Å². The average molecular weight is 432 g/mol. The van der Waals surface area contributed by atoms with Crippen LogP contribution in [0.1, 0.15) is 24.0 Å². The molecule has 1 amide bonds. The summed E-state index contributed by atoms with van der Waals surface area (Å²) in [4.78, 5) is 16.0. The molecule has 2 aromatic rings. The largest absolute Gasteiger partial charge is 0.481 e. The number of nitrogens with one attached hydrogen (secondary N) is 2. The van der Waals surface area contributed by atoms with Crippen LogP contribution in [0.5, 0.6) is 11.8 Å². The Balaban J connectivity index is 0.00000300. The van der Waals surface area contributed by atoms with Gasteiger partial charge >= 0.3 is 0 Å². The lowest BCUT2D eigenvalue weighted by Gasteiger charge is -2.14. The summed E-state index contributed by atoms with van der Waals surface area (Å²) in [6.07, 6.45) is 1.68. The second-order valence-electron chi connectivity index (χ2n) is 6.38. The van der Waals surface area contributed by atoms with Crippen molar-refractivity contribution in [1.29, 1.82) is 0 Å². The second kappa shape index (κ2) is 10.3. The van der Waals surface area contributed by atoms with Crippen LogP contribution in [0, 0.1) is 17.5 Å². The van der Waals surface area contributed by atoms with E-state index in [0.29, 0.717) is 5.56 Å². The lowest BCUT2D eigenvalue weighted by Crippen LogP contribution is -2.40. The number of methoxy groups -OCH3 is 1. The maximum absolute atomic E-state index is 14.3. The first-order valence-electron chi connectivity index (χ1n) is 8.78. The van der Waals surface area contributed by atoms with Crippen molar-refractivity contribution in [2.45, 2.75) is 32.0 Å². The van der Waals surface area contributed by atoms with Gasteiger partial charge in [0.15, 0.2) is 5.82 Å². The molecule has 6 nitrogen and oxygen atoms in total. The highest BCUT2D eigenvalue weighted by Gasteiger charge is 2.22. The van der Waals surface area contributed by atoms with E-state index in [0.717, 1.165) is 43.7 Å². The Labute approximate surface area is 172 Å². The molecule has 1 saturated heterocycles. The molecule has 1 atom stereocenters. The average Bonchev–Trinajstić information content (AvgIpc) is 3.19. The Bertz CT molecular complexity index is 844. The fourth-order valence-electron chi connectivity index (χ4n) is 2.96. The van der Waals surface area contributed by atoms with E-state index >= 15 is 0 Å². The SMILES string of the molecule is COc1nc(OCc2cc(F)cc(F)c2)c(F)cc1CNC(=O)C1CCCN1.Cl. The van der Waals surface area contributed by atoms with Gasteiger partial charge in [0.05, 0.1) is 13.2 Å². The highest BCUT2D eigenvalue weighted by atomic mass is 35.5. The molecule has 1 fully saturated rings. The van der Waals surface area contributed by atoms with Gasteiger partial charge in [-0.1, -0.05) is 0 Å². The van der Waals surface area contributed by atoms with Crippen molar-refractivity contribution in [2.75, 3.05) is 13.7 Å². The number of carbonyl (C=O) groups excluding carboxylic acids is 1. The number of hydrogen-bond acceptors (Lipinski definition) is 5. The van der Waals surface area contributed by atoms with Gasteiger partial charge in [0, 0.05) is 18.2 Å². The van der Waals surface area contributed by atoms with Crippen molar-refractivity contribution in [3.63, 3.8) is 0 Å². The lowest BCUT2D eigenvalue weighted by atomic mass is 10.2. The summed E-state index contributed by atoms with van der Waals surface area (Å²) < 4.78 is 51.2. The normalized spacial score (nSPS) is 15.5. The fourth-order valence-corrected chi connectivity index (χ4v) is 2.96. The number of amides is 1. The molecule has 2 heterocycles. The second-order valence-corrected chi connectivity index (χ2v) is 6.38. The first kappa shape index (κ1) is 22.8. The van der Waals surface area contributed by atoms with Crippen LogP contribution in [0.3, 0.4) is 0 Å². The van der Waals surface area contributed by atoms with Crippen molar-refractivity contribution in [1.82, 2.24) is 15.6 Å². The summed E-state index contributed by atoms with van der Waals surface area (Å²) in [5.74, 6) is -2.75. The number of hydrogen-bond donors (Lipinski definition) is 2. The van der Waals surface area contributed by atoms with Crippen LogP contribution < -0.4 is 20.1 Å². The topological polar surface area (TPSA) is 72.5 Å². The molecule has 0 radical (unpaired) electrons. The molecule has 1 unspecified atom stereocenters. The van der Waals surface area contributed by atoms with Crippen molar-refractivity contribution in [3.8, 4) is 11.8 Å². The Kier molecular flexibility index (Phi) is 8.10. The molecule has 1 aliphatic heterocycles. The Morgan fingerprint density at radius 3 is 2.55 bits per heavy atom. The number of aromatic nitrogens is 1. The van der Waals surface area contributed by atoms with Crippen LogP contribution in [0.4, 0.5) is 13.2 Å². The van der Waals surface area contributed by atoms with Crippen molar-refractivity contribution >= 4 is 18.3 Å². The van der Waals surface area contributed by atoms with Crippen molar-refractivity contribution in [3.05, 3.63) is 52.8 Å². The molecule has 1 aromatic carbocycles. The Hall–Kier alpha value is -2.52. The lowest BCUT2D eigenvalue weighted by molar-refractivity contribution is -0.122. The Morgan fingerprint density at radius 1 is 1.21 bits per heavy atom. The third-order valence-electron chi connectivity index (χ3n) is 4.30. The minimum absolute atomic E-state index is 0. The fraction of sp³-hybridized carbons (Fsp3) is 0.368. The maximum Gasteiger partial charge on any atom is 0.254 e. The van der Waals surface area contributed by atoms with Gasteiger partial charge < -0.3 is 20.1 Å². The number of rotatable bonds is 7. The number of nitrogens with zero attached hydrogens (tertiary/aromatic N) is 1. The van der Waals surface area contributed by atoms with E-state index in [2.05, 4.69) is 15.6 Å². The van der Waals surface area contributed by atoms with Gasteiger partial charge in [0.2, 0.25) is 11.8 Å². The third-order valence-corrected chi connectivity index (χ3v) is 4.30. The number of carbonyl (C=O) groups is 1. The third kappa shape index (κ3) is 5.98. The molecular weight excluding hydrogens is 411 g/mol. The van der Waals surface area contributed by atoms with Gasteiger partial charge in [0.1, 0.15) is 18.2 Å². The standard InChI is InChI=1S/C19H20F3N3O3.ClH/c1-27-18-12(9-24-17(26)16-3-2-4-23-16)7-15(22)19(25-18)28-10-11-5-13(20)8-14(21)6-11;/h5-8,16,23H,2-4,9-10H2,1H3,(H,24,26);1H. The van der Waals surface area contributed by atoms with E-state index in [1.165, 1.54) is 7.11 Å². The van der Waals surface area contributed by atoms with Gasteiger partial charge in [-0.3, -0.25) is 4.79 Å². The van der Waals surface area contributed by atoms with Gasteiger partial charge in [-0.05, 0) is 43.1 Å². The van der Waals surface area contributed by atoms with Crippen LogP contribution in [0.15, 0.2) is 24.3 Å². The molecule has 0 aliphatic carbocycles. The number of pyridine rings is 1. The highest BCUT2D eigenvalue weighted by Crippen LogP contribution is 2.24. The first-order chi connectivity index (χ1) is 13.5. The summed E-state index contributed by atoms with van der Waals surface area (Å²) >= 11 is 0. The zero-order chi connectivity index (χ0) is 20.1. The zero-order valence-corrected chi connectivity index (χ0v) is 16.5. The van der Waals surface area contributed by atoms with Gasteiger partial charge in [-0.25, -0.2) is 13.2 Å². The van der Waals surface area contributed by atoms with Crippen LogP contribution in [0.25, 0.3) is 0 Å². The monoisotopic (exact) mass is 431 g/mol. The summed E-state index contributed by atoms with van der Waals surface area (Å²) in [7, 11) is 1.36. The number of halogens is 4. The molecule has 1 aromatic heterocycles. The van der Waals surface area contributed by atoms with E-state index in [9.17, 15) is 18.0 Å². The molecule has 0 spiro atoms. The zero-order valence-electron chi connectivity index (χ0n) is 15.6. The molecule has 158 valence electrons. The maximum atomic E-state index is 14.3. The Morgan fingerprint density at radius 2 is 1.93 bits per heavy atom. The summed E-state index contributed by atoms with van der Waals surface area (Å²) in [5.41, 5.74) is 0.536. The van der Waals surface area contributed by atoms with E-state index in [-0.39, 0.29) is 54.8 Å².